The van der Waals surface area contributed by atoms with Crippen molar-refractivity contribution in [1.82, 2.24) is 4.90 Å². The van der Waals surface area contributed by atoms with Crippen molar-refractivity contribution in [3.63, 3.8) is 0 Å². The Morgan fingerprint density at radius 1 is 1.15 bits per heavy atom. The summed E-state index contributed by atoms with van der Waals surface area (Å²) in [6, 6.07) is 14.1. The maximum Gasteiger partial charge on any atom is 0.229 e. The van der Waals surface area contributed by atoms with Gasteiger partial charge in [0.2, 0.25) is 5.91 Å². The fourth-order valence-corrected chi connectivity index (χ4v) is 2.26. The standard InChI is InChI=1S/C17H21NO2/c1-12(11-19)18(3)17(20)13(2)15-9-8-14-6-4-5-7-16(14)10-15/h4-10,12-13,19H,11H2,1-3H3. The van der Waals surface area contributed by atoms with Crippen LogP contribution in [0.1, 0.15) is 25.3 Å². The molecule has 1 N–H and O–H groups in total. The van der Waals surface area contributed by atoms with Crippen LogP contribution in [0.25, 0.3) is 10.8 Å². The first-order valence-corrected chi connectivity index (χ1v) is 6.91. The highest BCUT2D eigenvalue weighted by Crippen LogP contribution is 2.23. The number of carbonyl (C=O) groups is 1. The molecule has 2 unspecified atom stereocenters. The van der Waals surface area contributed by atoms with E-state index in [4.69, 9.17) is 5.11 Å². The number of nitrogens with zero attached hydrogens (tertiary/aromatic N) is 1. The Morgan fingerprint density at radius 3 is 2.45 bits per heavy atom. The van der Waals surface area contributed by atoms with E-state index in [1.807, 2.05) is 38.1 Å². The zero-order valence-corrected chi connectivity index (χ0v) is 12.2. The van der Waals surface area contributed by atoms with E-state index < -0.39 is 0 Å². The fraction of sp³-hybridized carbons (Fsp3) is 0.353. The third kappa shape index (κ3) is 2.83. The van der Waals surface area contributed by atoms with Crippen molar-refractivity contribution in [2.45, 2.75) is 25.8 Å². The molecule has 106 valence electrons. The van der Waals surface area contributed by atoms with E-state index in [0.717, 1.165) is 10.9 Å². The van der Waals surface area contributed by atoms with Gasteiger partial charge >= 0.3 is 0 Å². The van der Waals surface area contributed by atoms with Crippen LogP contribution in [-0.2, 0) is 4.79 Å². The number of benzene rings is 2. The molecule has 0 saturated heterocycles. The van der Waals surface area contributed by atoms with Gasteiger partial charge in [0, 0.05) is 7.05 Å². The Kier molecular flexibility index (Phi) is 4.40. The van der Waals surface area contributed by atoms with E-state index in [9.17, 15) is 4.79 Å². The minimum Gasteiger partial charge on any atom is -0.394 e. The average Bonchev–Trinajstić information content (AvgIpc) is 2.51. The van der Waals surface area contributed by atoms with Gasteiger partial charge in [-0.2, -0.15) is 0 Å². The minimum absolute atomic E-state index is 0.0212. The van der Waals surface area contributed by atoms with Gasteiger partial charge in [0.15, 0.2) is 0 Å². The summed E-state index contributed by atoms with van der Waals surface area (Å²) in [6.07, 6.45) is 0. The number of aliphatic hydroxyl groups excluding tert-OH is 1. The molecule has 20 heavy (non-hydrogen) atoms. The highest BCUT2D eigenvalue weighted by molar-refractivity contribution is 5.87. The molecule has 0 bridgehead atoms. The predicted molar refractivity (Wildman–Crippen MR) is 81.7 cm³/mol. The maximum absolute atomic E-state index is 12.4. The number of fused-ring (bicyclic) bond motifs is 1. The van der Waals surface area contributed by atoms with E-state index in [-0.39, 0.29) is 24.5 Å². The third-order valence-electron chi connectivity index (χ3n) is 3.92. The lowest BCUT2D eigenvalue weighted by atomic mass is 9.96. The van der Waals surface area contributed by atoms with Crippen LogP contribution in [0.4, 0.5) is 0 Å². The Bertz CT molecular complexity index is 609. The molecule has 0 radical (unpaired) electrons. The van der Waals surface area contributed by atoms with Crippen LogP contribution < -0.4 is 0 Å². The number of carbonyl (C=O) groups excluding carboxylic acids is 1. The third-order valence-corrected chi connectivity index (χ3v) is 3.92. The number of hydrogen-bond acceptors (Lipinski definition) is 2. The van der Waals surface area contributed by atoms with Crippen molar-refractivity contribution in [1.29, 1.82) is 0 Å². The van der Waals surface area contributed by atoms with E-state index in [1.165, 1.54) is 5.39 Å². The summed E-state index contributed by atoms with van der Waals surface area (Å²) in [5.74, 6) is -0.180. The van der Waals surface area contributed by atoms with E-state index in [1.54, 1.807) is 11.9 Å². The molecule has 2 aromatic carbocycles. The molecule has 0 heterocycles. The normalized spacial score (nSPS) is 14.0. The zero-order valence-electron chi connectivity index (χ0n) is 12.2. The van der Waals surface area contributed by atoms with Crippen molar-refractivity contribution in [2.24, 2.45) is 0 Å². The quantitative estimate of drug-likeness (QED) is 0.929. The average molecular weight is 271 g/mol. The second-order valence-corrected chi connectivity index (χ2v) is 5.31. The summed E-state index contributed by atoms with van der Waals surface area (Å²) < 4.78 is 0. The molecule has 0 aliphatic heterocycles. The van der Waals surface area contributed by atoms with E-state index >= 15 is 0 Å². The van der Waals surface area contributed by atoms with Crippen LogP contribution in [0, 0.1) is 0 Å². The van der Waals surface area contributed by atoms with Gasteiger partial charge in [-0.05, 0) is 30.2 Å². The number of rotatable bonds is 4. The molecule has 2 aromatic rings. The van der Waals surface area contributed by atoms with E-state index in [0.29, 0.717) is 0 Å². The van der Waals surface area contributed by atoms with Gasteiger partial charge in [-0.15, -0.1) is 0 Å². The molecule has 0 saturated carbocycles. The largest absolute Gasteiger partial charge is 0.394 e. The van der Waals surface area contributed by atoms with Crippen LogP contribution in [-0.4, -0.2) is 35.6 Å². The summed E-state index contributed by atoms with van der Waals surface area (Å²) in [4.78, 5) is 14.0. The van der Waals surface area contributed by atoms with Gasteiger partial charge in [0.1, 0.15) is 0 Å². The molecule has 0 aliphatic carbocycles. The Hall–Kier alpha value is -1.87. The van der Waals surface area contributed by atoms with Gasteiger partial charge in [-0.1, -0.05) is 42.5 Å². The molecule has 1 amide bonds. The lowest BCUT2D eigenvalue weighted by Crippen LogP contribution is -2.39. The Morgan fingerprint density at radius 2 is 1.80 bits per heavy atom. The molecule has 0 spiro atoms. The Labute approximate surface area is 119 Å². The smallest absolute Gasteiger partial charge is 0.229 e. The number of aliphatic hydroxyl groups is 1. The van der Waals surface area contributed by atoms with Crippen molar-refractivity contribution in [2.75, 3.05) is 13.7 Å². The maximum atomic E-state index is 12.4. The first-order valence-electron chi connectivity index (χ1n) is 6.91. The Balaban J connectivity index is 2.26. The van der Waals surface area contributed by atoms with Gasteiger partial charge in [-0.25, -0.2) is 0 Å². The van der Waals surface area contributed by atoms with Crippen LogP contribution in [0.2, 0.25) is 0 Å². The topological polar surface area (TPSA) is 40.5 Å². The molecule has 2 rings (SSSR count). The van der Waals surface area contributed by atoms with Crippen LogP contribution in [0.15, 0.2) is 42.5 Å². The van der Waals surface area contributed by atoms with Crippen molar-refractivity contribution in [3.05, 3.63) is 48.0 Å². The van der Waals surface area contributed by atoms with Crippen molar-refractivity contribution >= 4 is 16.7 Å². The first kappa shape index (κ1) is 14.5. The molecule has 0 aromatic heterocycles. The minimum atomic E-state index is -0.210. The highest BCUT2D eigenvalue weighted by atomic mass is 16.3. The molecule has 3 heteroatoms. The van der Waals surface area contributed by atoms with Gasteiger partial charge < -0.3 is 10.0 Å². The summed E-state index contributed by atoms with van der Waals surface area (Å²) in [7, 11) is 1.74. The van der Waals surface area contributed by atoms with E-state index in [2.05, 4.69) is 18.2 Å². The monoisotopic (exact) mass is 271 g/mol. The van der Waals surface area contributed by atoms with Crippen LogP contribution in [0.5, 0.6) is 0 Å². The summed E-state index contributed by atoms with van der Waals surface area (Å²) in [6.45, 7) is 3.73. The zero-order chi connectivity index (χ0) is 14.7. The second-order valence-electron chi connectivity index (χ2n) is 5.31. The number of hydrogen-bond donors (Lipinski definition) is 1. The number of amides is 1. The molecule has 0 fully saturated rings. The summed E-state index contributed by atoms with van der Waals surface area (Å²) >= 11 is 0. The van der Waals surface area contributed by atoms with Gasteiger partial charge in [0.05, 0.1) is 18.6 Å². The van der Waals surface area contributed by atoms with Crippen LogP contribution >= 0.6 is 0 Å². The number of likely N-dealkylation sites (N-methyl/N-ethyl adjacent to an activating group) is 1. The van der Waals surface area contributed by atoms with Crippen LogP contribution in [0.3, 0.4) is 0 Å². The highest BCUT2D eigenvalue weighted by Gasteiger charge is 2.22. The van der Waals surface area contributed by atoms with Crippen molar-refractivity contribution in [3.8, 4) is 0 Å². The molecule has 2 atom stereocenters. The SMILES string of the molecule is CC(C(=O)N(C)C(C)CO)c1ccc2ccccc2c1. The molecular formula is C17H21NO2. The summed E-state index contributed by atoms with van der Waals surface area (Å²) in [5.41, 5.74) is 1.01. The second kappa shape index (κ2) is 6.06. The van der Waals surface area contributed by atoms with Gasteiger partial charge in [-0.3, -0.25) is 4.79 Å². The van der Waals surface area contributed by atoms with Gasteiger partial charge in [0.25, 0.3) is 0 Å². The molecule has 0 aliphatic rings. The first-order chi connectivity index (χ1) is 9.54. The molecule has 3 nitrogen and oxygen atoms in total. The lowest BCUT2D eigenvalue weighted by Gasteiger charge is -2.26. The summed E-state index contributed by atoms with van der Waals surface area (Å²) in [5, 5.41) is 11.5. The fourth-order valence-electron chi connectivity index (χ4n) is 2.26. The predicted octanol–water partition coefficient (Wildman–Crippen LogP) is 2.78. The van der Waals surface area contributed by atoms with Crippen molar-refractivity contribution < 1.29 is 9.90 Å². The lowest BCUT2D eigenvalue weighted by molar-refractivity contribution is -0.133. The molecular weight excluding hydrogens is 250 g/mol.